The fourth-order valence-corrected chi connectivity index (χ4v) is 2.84. The molecule has 8 heteroatoms. The van der Waals surface area contributed by atoms with Crippen LogP contribution in [-0.4, -0.2) is 77.4 Å². The van der Waals surface area contributed by atoms with E-state index in [1.165, 1.54) is 6.92 Å². The molecular weight excluding hydrogens is 282 g/mol. The van der Waals surface area contributed by atoms with Crippen LogP contribution in [0.1, 0.15) is 6.92 Å². The molecule has 2 aliphatic rings. The normalized spacial score (nSPS) is 39.6. The van der Waals surface area contributed by atoms with Crippen LogP contribution in [0, 0.1) is 0 Å². The highest BCUT2D eigenvalue weighted by molar-refractivity contribution is 5.73. The Kier molecular flexibility index (Phi) is 5.91. The maximum absolute atomic E-state index is 11.3. The van der Waals surface area contributed by atoms with Crippen LogP contribution >= 0.6 is 0 Å². The number of ether oxygens (including phenoxy) is 6. The summed E-state index contributed by atoms with van der Waals surface area (Å²) in [6, 6.07) is 0. The summed E-state index contributed by atoms with van der Waals surface area (Å²) in [7, 11) is 4.77. The Bertz CT molecular complexity index is 353. The Morgan fingerprint density at radius 1 is 1.14 bits per heavy atom. The van der Waals surface area contributed by atoms with Crippen LogP contribution in [-0.2, 0) is 33.2 Å². The first-order valence-corrected chi connectivity index (χ1v) is 6.82. The Hall–Kier alpha value is -0.770. The minimum atomic E-state index is -0.587. The summed E-state index contributed by atoms with van der Waals surface area (Å²) >= 11 is 0. The van der Waals surface area contributed by atoms with Crippen LogP contribution in [0.15, 0.2) is 0 Å². The SMILES string of the molecule is COC[C@H]1O[C@H]2[C@H](OCO[C@H]2NC(C)=O)[C@@H](OC)[C@@H]1OC. The summed E-state index contributed by atoms with van der Waals surface area (Å²) in [6.45, 7) is 1.82. The Morgan fingerprint density at radius 2 is 1.86 bits per heavy atom. The molecule has 2 saturated heterocycles. The second-order valence-corrected chi connectivity index (χ2v) is 5.03. The first kappa shape index (κ1) is 16.6. The molecule has 0 spiro atoms. The van der Waals surface area contributed by atoms with Gasteiger partial charge in [-0.05, 0) is 0 Å². The second-order valence-electron chi connectivity index (χ2n) is 5.03. The number of amides is 1. The third kappa shape index (κ3) is 3.53. The van der Waals surface area contributed by atoms with Gasteiger partial charge in [-0.3, -0.25) is 4.79 Å². The number of fused-ring (bicyclic) bond motifs is 1. The smallest absolute Gasteiger partial charge is 0.218 e. The monoisotopic (exact) mass is 305 g/mol. The number of carbonyl (C=O) groups excluding carboxylic acids is 1. The molecule has 2 heterocycles. The van der Waals surface area contributed by atoms with Crippen molar-refractivity contribution in [2.24, 2.45) is 0 Å². The van der Waals surface area contributed by atoms with E-state index in [9.17, 15) is 4.79 Å². The molecule has 2 rings (SSSR count). The van der Waals surface area contributed by atoms with E-state index in [2.05, 4.69) is 5.32 Å². The van der Waals surface area contributed by atoms with Crippen molar-refractivity contribution in [3.05, 3.63) is 0 Å². The van der Waals surface area contributed by atoms with E-state index in [0.717, 1.165) is 0 Å². The minimum absolute atomic E-state index is 0.0563. The third-order valence-electron chi connectivity index (χ3n) is 3.70. The molecule has 0 saturated carbocycles. The quantitative estimate of drug-likeness (QED) is 0.716. The summed E-state index contributed by atoms with van der Waals surface area (Å²) in [6.07, 6.45) is -2.47. The average Bonchev–Trinajstić information content (AvgIpc) is 2.46. The molecule has 2 aliphatic heterocycles. The lowest BCUT2D eigenvalue weighted by Gasteiger charge is -2.49. The molecule has 8 nitrogen and oxygen atoms in total. The van der Waals surface area contributed by atoms with Crippen molar-refractivity contribution in [3.8, 4) is 0 Å². The van der Waals surface area contributed by atoms with Crippen molar-refractivity contribution >= 4 is 5.91 Å². The van der Waals surface area contributed by atoms with Gasteiger partial charge in [-0.25, -0.2) is 0 Å². The van der Waals surface area contributed by atoms with Crippen LogP contribution in [0.3, 0.4) is 0 Å². The molecule has 122 valence electrons. The number of carbonyl (C=O) groups is 1. The zero-order chi connectivity index (χ0) is 15.4. The number of methoxy groups -OCH3 is 3. The maximum Gasteiger partial charge on any atom is 0.218 e. The second kappa shape index (κ2) is 7.48. The van der Waals surface area contributed by atoms with Gasteiger partial charge in [-0.15, -0.1) is 0 Å². The highest BCUT2D eigenvalue weighted by Crippen LogP contribution is 2.31. The Balaban J connectivity index is 2.19. The van der Waals surface area contributed by atoms with Crippen LogP contribution in [0.4, 0.5) is 0 Å². The van der Waals surface area contributed by atoms with Gasteiger partial charge in [0.15, 0.2) is 6.23 Å². The molecule has 0 unspecified atom stereocenters. The fraction of sp³-hybridized carbons (Fsp3) is 0.923. The molecule has 0 aromatic rings. The van der Waals surface area contributed by atoms with Gasteiger partial charge in [0.1, 0.15) is 37.3 Å². The lowest BCUT2D eigenvalue weighted by molar-refractivity contribution is -0.328. The van der Waals surface area contributed by atoms with E-state index in [-0.39, 0.29) is 31.0 Å². The van der Waals surface area contributed by atoms with Crippen molar-refractivity contribution in [1.82, 2.24) is 5.32 Å². The Morgan fingerprint density at radius 3 is 2.43 bits per heavy atom. The predicted molar refractivity (Wildman–Crippen MR) is 70.6 cm³/mol. The van der Waals surface area contributed by atoms with Gasteiger partial charge >= 0.3 is 0 Å². The zero-order valence-electron chi connectivity index (χ0n) is 12.7. The summed E-state index contributed by atoms with van der Waals surface area (Å²) < 4.78 is 33.2. The van der Waals surface area contributed by atoms with Gasteiger partial charge < -0.3 is 33.7 Å². The minimum Gasteiger partial charge on any atom is -0.382 e. The van der Waals surface area contributed by atoms with E-state index in [4.69, 9.17) is 28.4 Å². The van der Waals surface area contributed by atoms with Crippen molar-refractivity contribution in [2.75, 3.05) is 34.7 Å². The molecule has 1 amide bonds. The maximum atomic E-state index is 11.3. The van der Waals surface area contributed by atoms with Crippen LogP contribution < -0.4 is 5.32 Å². The van der Waals surface area contributed by atoms with E-state index in [0.29, 0.717) is 6.61 Å². The summed E-state index contributed by atoms with van der Waals surface area (Å²) in [5, 5.41) is 2.72. The summed E-state index contributed by atoms with van der Waals surface area (Å²) in [5.41, 5.74) is 0. The molecule has 0 aliphatic carbocycles. The Labute approximate surface area is 123 Å². The first-order valence-electron chi connectivity index (χ1n) is 6.82. The number of hydrogen-bond donors (Lipinski definition) is 1. The molecule has 0 radical (unpaired) electrons. The van der Waals surface area contributed by atoms with Gasteiger partial charge in [0.2, 0.25) is 5.91 Å². The van der Waals surface area contributed by atoms with E-state index >= 15 is 0 Å². The topological polar surface area (TPSA) is 84.5 Å². The fourth-order valence-electron chi connectivity index (χ4n) is 2.84. The van der Waals surface area contributed by atoms with Crippen molar-refractivity contribution < 1.29 is 33.2 Å². The van der Waals surface area contributed by atoms with E-state index < -0.39 is 18.4 Å². The lowest BCUT2D eigenvalue weighted by atomic mass is 9.93. The third-order valence-corrected chi connectivity index (χ3v) is 3.70. The molecule has 21 heavy (non-hydrogen) atoms. The van der Waals surface area contributed by atoms with Crippen molar-refractivity contribution in [3.63, 3.8) is 0 Å². The summed E-state index contributed by atoms with van der Waals surface area (Å²) in [4.78, 5) is 11.3. The summed E-state index contributed by atoms with van der Waals surface area (Å²) in [5.74, 6) is -0.199. The van der Waals surface area contributed by atoms with Crippen LogP contribution in [0.2, 0.25) is 0 Å². The number of nitrogens with one attached hydrogen (secondary N) is 1. The zero-order valence-corrected chi connectivity index (χ0v) is 12.7. The van der Waals surface area contributed by atoms with Crippen LogP contribution in [0.5, 0.6) is 0 Å². The molecule has 2 fully saturated rings. The molecular formula is C13H23NO7. The largest absolute Gasteiger partial charge is 0.382 e. The standard InChI is InChI=1S/C13H23NO7/c1-7(15)14-13-12-11(19-6-20-13)10(18-4)9(17-3)8(21-12)5-16-2/h8-13H,5-6H2,1-4H3,(H,14,15)/t8-,9-,10+,11-,12+,13-/m1/s1. The van der Waals surface area contributed by atoms with Gasteiger partial charge in [-0.1, -0.05) is 0 Å². The van der Waals surface area contributed by atoms with Gasteiger partial charge in [0, 0.05) is 28.3 Å². The lowest BCUT2D eigenvalue weighted by Crippen LogP contribution is -2.68. The van der Waals surface area contributed by atoms with Crippen LogP contribution in [0.25, 0.3) is 0 Å². The highest BCUT2D eigenvalue weighted by Gasteiger charge is 2.52. The van der Waals surface area contributed by atoms with Gasteiger partial charge in [0.05, 0.1) is 6.61 Å². The molecule has 1 N–H and O–H groups in total. The molecule has 0 aromatic carbocycles. The molecule has 6 atom stereocenters. The molecule has 0 bridgehead atoms. The van der Waals surface area contributed by atoms with Gasteiger partial charge in [-0.2, -0.15) is 0 Å². The number of hydrogen-bond acceptors (Lipinski definition) is 7. The first-order chi connectivity index (χ1) is 10.1. The van der Waals surface area contributed by atoms with Gasteiger partial charge in [0.25, 0.3) is 0 Å². The number of rotatable bonds is 5. The average molecular weight is 305 g/mol. The van der Waals surface area contributed by atoms with E-state index in [1.54, 1.807) is 21.3 Å². The van der Waals surface area contributed by atoms with E-state index in [1.807, 2.05) is 0 Å². The highest BCUT2D eigenvalue weighted by atomic mass is 16.7. The predicted octanol–water partition coefficient (Wildman–Crippen LogP) is -0.735. The van der Waals surface area contributed by atoms with Crippen molar-refractivity contribution in [1.29, 1.82) is 0 Å². The van der Waals surface area contributed by atoms with Crippen molar-refractivity contribution in [2.45, 2.75) is 43.7 Å². The molecule has 0 aromatic heterocycles.